The van der Waals surface area contributed by atoms with Crippen LogP contribution in [0.5, 0.6) is 5.75 Å². The van der Waals surface area contributed by atoms with Crippen LogP contribution in [0.3, 0.4) is 0 Å². The second-order valence-corrected chi connectivity index (χ2v) is 3.71. The second-order valence-electron chi connectivity index (χ2n) is 3.71. The third-order valence-corrected chi connectivity index (χ3v) is 2.46. The van der Waals surface area contributed by atoms with Gasteiger partial charge in [0.15, 0.2) is 0 Å². The Balaban J connectivity index is 0.000000153. The van der Waals surface area contributed by atoms with Crippen molar-refractivity contribution < 1.29 is 9.84 Å². The van der Waals surface area contributed by atoms with Gasteiger partial charge in [0.2, 0.25) is 0 Å². The van der Waals surface area contributed by atoms with E-state index in [4.69, 9.17) is 4.74 Å². The van der Waals surface area contributed by atoms with Gasteiger partial charge in [-0.15, -0.1) is 0 Å². The van der Waals surface area contributed by atoms with Crippen molar-refractivity contribution in [3.05, 3.63) is 36.5 Å². The largest absolute Gasteiger partial charge is 0.506 e. The van der Waals surface area contributed by atoms with Gasteiger partial charge in [-0.25, -0.2) is 0 Å². The van der Waals surface area contributed by atoms with Crippen molar-refractivity contribution in [2.24, 2.45) is 0 Å². The van der Waals surface area contributed by atoms with Gasteiger partial charge >= 0.3 is 0 Å². The maximum atomic E-state index is 9.31. The van der Waals surface area contributed by atoms with Gasteiger partial charge < -0.3 is 15.2 Å². The van der Waals surface area contributed by atoms with E-state index in [0.29, 0.717) is 5.52 Å². The van der Waals surface area contributed by atoms with Crippen LogP contribution in [0.25, 0.3) is 10.9 Å². The standard InChI is InChI=1S/C9H7NO.C4H9NO/c11-8-5-1-3-7-4-2-6-10-9(7)8;1-3-6-4-2-5-1/h1-6,11H;5H,1-4H2. The third kappa shape index (κ3) is 3.41. The molecule has 0 amide bonds. The van der Waals surface area contributed by atoms with Gasteiger partial charge in [-0.1, -0.05) is 18.2 Å². The molecule has 1 fully saturated rings. The van der Waals surface area contributed by atoms with E-state index < -0.39 is 0 Å². The van der Waals surface area contributed by atoms with Crippen molar-refractivity contribution in [3.8, 4) is 5.75 Å². The Morgan fingerprint density at radius 2 is 1.88 bits per heavy atom. The van der Waals surface area contributed by atoms with E-state index in [2.05, 4.69) is 10.3 Å². The fourth-order valence-electron chi connectivity index (χ4n) is 1.60. The highest BCUT2D eigenvalue weighted by Gasteiger charge is 1.96. The van der Waals surface area contributed by atoms with E-state index in [-0.39, 0.29) is 5.75 Å². The molecule has 4 heteroatoms. The molecule has 0 saturated carbocycles. The van der Waals surface area contributed by atoms with Crippen LogP contribution in [-0.4, -0.2) is 36.4 Å². The SMILES string of the molecule is C1COCCN1.Oc1cccc2cccnc12. The zero-order valence-electron chi connectivity index (χ0n) is 9.60. The zero-order chi connectivity index (χ0) is 11.9. The van der Waals surface area contributed by atoms with Gasteiger partial charge in [0.25, 0.3) is 0 Å². The van der Waals surface area contributed by atoms with Gasteiger partial charge in [0, 0.05) is 24.7 Å². The molecule has 0 unspecified atom stereocenters. The first-order valence-corrected chi connectivity index (χ1v) is 5.69. The van der Waals surface area contributed by atoms with Crippen LogP contribution >= 0.6 is 0 Å². The number of fused-ring (bicyclic) bond motifs is 1. The van der Waals surface area contributed by atoms with Crippen molar-refractivity contribution in [2.45, 2.75) is 0 Å². The minimum absolute atomic E-state index is 0.239. The molecule has 2 heterocycles. The van der Waals surface area contributed by atoms with Crippen LogP contribution in [0.2, 0.25) is 0 Å². The second kappa shape index (κ2) is 6.18. The Hall–Kier alpha value is -1.65. The lowest BCUT2D eigenvalue weighted by molar-refractivity contribution is 0.109. The Kier molecular flexibility index (Phi) is 4.30. The van der Waals surface area contributed by atoms with Crippen molar-refractivity contribution in [1.29, 1.82) is 0 Å². The monoisotopic (exact) mass is 232 g/mol. The van der Waals surface area contributed by atoms with Crippen LogP contribution < -0.4 is 5.32 Å². The molecule has 17 heavy (non-hydrogen) atoms. The topological polar surface area (TPSA) is 54.4 Å². The zero-order valence-corrected chi connectivity index (χ0v) is 9.60. The van der Waals surface area contributed by atoms with Crippen molar-refractivity contribution in [2.75, 3.05) is 26.3 Å². The Labute approximate surface area is 100 Å². The van der Waals surface area contributed by atoms with Crippen molar-refractivity contribution in [3.63, 3.8) is 0 Å². The van der Waals surface area contributed by atoms with Gasteiger partial charge in [0.1, 0.15) is 11.3 Å². The molecule has 3 rings (SSSR count). The lowest BCUT2D eigenvalue weighted by Gasteiger charge is -2.10. The van der Waals surface area contributed by atoms with Gasteiger partial charge in [0.05, 0.1) is 13.2 Å². The minimum Gasteiger partial charge on any atom is -0.506 e. The Morgan fingerprint density at radius 3 is 2.47 bits per heavy atom. The van der Waals surface area contributed by atoms with Crippen LogP contribution in [0.15, 0.2) is 36.5 Å². The summed E-state index contributed by atoms with van der Waals surface area (Å²) in [5.74, 6) is 0.239. The first-order valence-electron chi connectivity index (χ1n) is 5.69. The van der Waals surface area contributed by atoms with E-state index >= 15 is 0 Å². The average Bonchev–Trinajstić information content (AvgIpc) is 2.42. The highest BCUT2D eigenvalue weighted by atomic mass is 16.5. The molecule has 2 N–H and O–H groups in total. The molecule has 1 saturated heterocycles. The Morgan fingerprint density at radius 1 is 1.12 bits per heavy atom. The number of hydrogen-bond acceptors (Lipinski definition) is 4. The molecule has 1 aromatic heterocycles. The number of ether oxygens (including phenoxy) is 1. The summed E-state index contributed by atoms with van der Waals surface area (Å²) in [4.78, 5) is 4.03. The minimum atomic E-state index is 0.239. The summed E-state index contributed by atoms with van der Waals surface area (Å²) in [5, 5.41) is 13.4. The van der Waals surface area contributed by atoms with Gasteiger partial charge in [-0.2, -0.15) is 0 Å². The molecule has 0 atom stereocenters. The number of hydrogen-bond donors (Lipinski definition) is 2. The van der Waals surface area contributed by atoms with Crippen LogP contribution in [0, 0.1) is 0 Å². The maximum Gasteiger partial charge on any atom is 0.141 e. The number of rotatable bonds is 0. The van der Waals surface area contributed by atoms with Gasteiger partial charge in [-0.05, 0) is 12.1 Å². The molecule has 1 aromatic carbocycles. The summed E-state index contributed by atoms with van der Waals surface area (Å²) < 4.78 is 5.01. The molecular weight excluding hydrogens is 216 g/mol. The molecule has 0 spiro atoms. The number of nitrogens with zero attached hydrogens (tertiary/aromatic N) is 1. The van der Waals surface area contributed by atoms with E-state index in [1.165, 1.54) is 0 Å². The Bertz CT molecular complexity index is 453. The molecule has 0 bridgehead atoms. The molecule has 0 aliphatic carbocycles. The molecule has 4 nitrogen and oxygen atoms in total. The highest BCUT2D eigenvalue weighted by Crippen LogP contribution is 2.20. The summed E-state index contributed by atoms with van der Waals surface area (Å²) in [6.07, 6.45) is 1.67. The normalized spacial score (nSPS) is 15.1. The van der Waals surface area contributed by atoms with Crippen LogP contribution in [0.4, 0.5) is 0 Å². The van der Waals surface area contributed by atoms with Crippen molar-refractivity contribution in [1.82, 2.24) is 10.3 Å². The molecule has 0 radical (unpaired) electrons. The average molecular weight is 232 g/mol. The fourth-order valence-corrected chi connectivity index (χ4v) is 1.60. The van der Waals surface area contributed by atoms with Crippen LogP contribution in [-0.2, 0) is 4.74 Å². The molecule has 1 aliphatic heterocycles. The smallest absolute Gasteiger partial charge is 0.141 e. The first-order chi connectivity index (χ1) is 8.38. The predicted octanol–water partition coefficient (Wildman–Crippen LogP) is 1.55. The number of phenolic OH excluding ortho intramolecular Hbond substituents is 1. The van der Waals surface area contributed by atoms with Crippen molar-refractivity contribution >= 4 is 10.9 Å². The van der Waals surface area contributed by atoms with E-state index in [9.17, 15) is 5.11 Å². The molecular formula is C13H16N2O2. The number of para-hydroxylation sites is 1. The molecule has 2 aromatic rings. The van der Waals surface area contributed by atoms with E-state index in [1.807, 2.05) is 18.2 Å². The number of phenols is 1. The summed E-state index contributed by atoms with van der Waals surface area (Å²) in [6, 6.07) is 9.13. The maximum absolute atomic E-state index is 9.31. The number of nitrogens with one attached hydrogen (secondary N) is 1. The number of aromatic nitrogens is 1. The van der Waals surface area contributed by atoms with E-state index in [0.717, 1.165) is 31.7 Å². The quantitative estimate of drug-likeness (QED) is 0.723. The third-order valence-electron chi connectivity index (χ3n) is 2.46. The highest BCUT2D eigenvalue weighted by molar-refractivity contribution is 5.83. The number of morpholine rings is 1. The lowest BCUT2D eigenvalue weighted by Crippen LogP contribution is -2.30. The molecule has 1 aliphatic rings. The number of aromatic hydroxyl groups is 1. The number of pyridine rings is 1. The lowest BCUT2D eigenvalue weighted by atomic mass is 10.2. The van der Waals surface area contributed by atoms with E-state index in [1.54, 1.807) is 18.3 Å². The summed E-state index contributed by atoms with van der Waals surface area (Å²) in [5.41, 5.74) is 0.662. The predicted molar refractivity (Wildman–Crippen MR) is 67.1 cm³/mol. The summed E-state index contributed by atoms with van der Waals surface area (Å²) in [7, 11) is 0. The van der Waals surface area contributed by atoms with Gasteiger partial charge in [-0.3, -0.25) is 4.98 Å². The van der Waals surface area contributed by atoms with Crippen LogP contribution in [0.1, 0.15) is 0 Å². The summed E-state index contributed by atoms with van der Waals surface area (Å²) >= 11 is 0. The fraction of sp³-hybridized carbons (Fsp3) is 0.308. The first kappa shape index (κ1) is 11.8. The number of benzene rings is 1. The molecule has 90 valence electrons. The summed E-state index contributed by atoms with van der Waals surface area (Å²) in [6.45, 7) is 3.83.